The first-order chi connectivity index (χ1) is 13.6. The maximum atomic E-state index is 13.2. The van der Waals surface area contributed by atoms with Gasteiger partial charge in [0.1, 0.15) is 5.69 Å². The molecule has 1 saturated carbocycles. The number of carbonyl (C=O) groups is 2. The van der Waals surface area contributed by atoms with Crippen LogP contribution in [0.4, 0.5) is 0 Å². The predicted molar refractivity (Wildman–Crippen MR) is 101 cm³/mol. The molecule has 1 aliphatic carbocycles. The molecule has 8 heteroatoms. The van der Waals surface area contributed by atoms with Gasteiger partial charge in [0.15, 0.2) is 0 Å². The van der Waals surface area contributed by atoms with Gasteiger partial charge < -0.3 is 14.8 Å². The Labute approximate surface area is 163 Å². The molecule has 2 amide bonds. The van der Waals surface area contributed by atoms with Crippen LogP contribution in [0.5, 0.6) is 0 Å². The lowest BCUT2D eigenvalue weighted by Crippen LogP contribution is -2.60. The molecule has 28 heavy (non-hydrogen) atoms. The number of aryl methyl sites for hydroxylation is 1. The summed E-state index contributed by atoms with van der Waals surface area (Å²) in [5, 5.41) is 4.11. The minimum Gasteiger partial charge on any atom is -0.348 e. The van der Waals surface area contributed by atoms with E-state index in [1.807, 2.05) is 4.90 Å². The van der Waals surface area contributed by atoms with Gasteiger partial charge in [-0.15, -0.1) is 0 Å². The Hall–Kier alpha value is -2.64. The average Bonchev–Trinajstić information content (AvgIpc) is 3.30. The lowest BCUT2D eigenvalue weighted by Gasteiger charge is -2.51. The molecule has 8 nitrogen and oxygen atoms in total. The molecule has 1 N–H and O–H groups in total. The molecule has 2 aromatic heterocycles. The Morgan fingerprint density at radius 3 is 2.64 bits per heavy atom. The number of imidazole rings is 1. The summed E-state index contributed by atoms with van der Waals surface area (Å²) in [6, 6.07) is 1.76. The Balaban J connectivity index is 1.42. The molecule has 0 atom stereocenters. The monoisotopic (exact) mass is 382 g/mol. The number of carbonyl (C=O) groups excluding carboxylic acids is 2. The molecular formula is C20H26N6O2. The highest BCUT2D eigenvalue weighted by molar-refractivity contribution is 5.92. The zero-order valence-corrected chi connectivity index (χ0v) is 16.2. The van der Waals surface area contributed by atoms with Crippen LogP contribution in [0.2, 0.25) is 0 Å². The minimum atomic E-state index is -0.385. The fraction of sp³-hybridized carbons (Fsp3) is 0.600. The average molecular weight is 382 g/mol. The zero-order valence-electron chi connectivity index (χ0n) is 16.2. The molecule has 0 unspecified atom stereocenters. The van der Waals surface area contributed by atoms with E-state index in [9.17, 15) is 9.59 Å². The van der Waals surface area contributed by atoms with Gasteiger partial charge in [0.2, 0.25) is 5.91 Å². The maximum Gasteiger partial charge on any atom is 0.272 e. The van der Waals surface area contributed by atoms with E-state index in [2.05, 4.69) is 20.0 Å². The van der Waals surface area contributed by atoms with E-state index >= 15 is 0 Å². The number of nitrogens with one attached hydrogen (secondary N) is 1. The van der Waals surface area contributed by atoms with Crippen molar-refractivity contribution < 1.29 is 9.59 Å². The molecular weight excluding hydrogens is 356 g/mol. The largest absolute Gasteiger partial charge is 0.348 e. The number of hydrogen-bond acceptors (Lipinski definition) is 4. The van der Waals surface area contributed by atoms with Crippen LogP contribution in [0.25, 0.3) is 0 Å². The van der Waals surface area contributed by atoms with Crippen LogP contribution < -0.4 is 0 Å². The number of amides is 2. The van der Waals surface area contributed by atoms with E-state index in [1.165, 1.54) is 0 Å². The van der Waals surface area contributed by atoms with Crippen molar-refractivity contribution in [2.45, 2.75) is 44.1 Å². The highest BCUT2D eigenvalue weighted by Gasteiger charge is 2.50. The summed E-state index contributed by atoms with van der Waals surface area (Å²) < 4.78 is 1.62. The second kappa shape index (κ2) is 6.46. The highest BCUT2D eigenvalue weighted by Crippen LogP contribution is 2.44. The van der Waals surface area contributed by atoms with Crippen LogP contribution in [0.1, 0.15) is 54.0 Å². The number of hydrogen-bond donors (Lipinski definition) is 1. The number of fused-ring (bicyclic) bond motifs is 2. The number of piperidine rings is 1. The minimum absolute atomic E-state index is 0.00443. The van der Waals surface area contributed by atoms with Gasteiger partial charge in [0.25, 0.3) is 5.91 Å². The zero-order chi connectivity index (χ0) is 19.3. The van der Waals surface area contributed by atoms with Crippen LogP contribution in [0.3, 0.4) is 0 Å². The fourth-order valence-electron chi connectivity index (χ4n) is 5.01. The molecule has 0 bridgehead atoms. The lowest BCUT2D eigenvalue weighted by molar-refractivity contribution is -0.148. The summed E-state index contributed by atoms with van der Waals surface area (Å²) in [6.07, 6.45) is 8.84. The van der Waals surface area contributed by atoms with Gasteiger partial charge in [-0.2, -0.15) is 5.10 Å². The van der Waals surface area contributed by atoms with Gasteiger partial charge >= 0.3 is 0 Å². The van der Waals surface area contributed by atoms with Gasteiger partial charge in [-0.1, -0.05) is 6.42 Å². The molecule has 4 heterocycles. The third-order valence-corrected chi connectivity index (χ3v) is 6.90. The quantitative estimate of drug-likeness (QED) is 0.852. The van der Waals surface area contributed by atoms with E-state index in [4.69, 9.17) is 0 Å². The van der Waals surface area contributed by atoms with Crippen molar-refractivity contribution in [3.63, 3.8) is 0 Å². The third kappa shape index (κ3) is 2.50. The summed E-state index contributed by atoms with van der Waals surface area (Å²) >= 11 is 0. The van der Waals surface area contributed by atoms with Gasteiger partial charge in [-0.25, -0.2) is 4.98 Å². The number of aromatic nitrogens is 4. The summed E-state index contributed by atoms with van der Waals surface area (Å²) in [6.45, 7) is 1.97. The number of nitrogens with zero attached hydrogens (tertiary/aromatic N) is 5. The van der Waals surface area contributed by atoms with E-state index in [0.29, 0.717) is 18.8 Å². The van der Waals surface area contributed by atoms with Crippen molar-refractivity contribution >= 4 is 11.8 Å². The molecule has 5 rings (SSSR count). The topological polar surface area (TPSA) is 87.1 Å². The number of H-pyrrole nitrogens is 1. The third-order valence-electron chi connectivity index (χ3n) is 6.90. The van der Waals surface area contributed by atoms with Crippen LogP contribution >= 0.6 is 0 Å². The molecule has 148 valence electrons. The summed E-state index contributed by atoms with van der Waals surface area (Å²) in [7, 11) is 1.79. The van der Waals surface area contributed by atoms with Crippen LogP contribution in [-0.4, -0.2) is 61.0 Å². The smallest absolute Gasteiger partial charge is 0.272 e. The number of aromatic amines is 1. The lowest BCUT2D eigenvalue weighted by atomic mass is 9.76. The Morgan fingerprint density at radius 1 is 1.21 bits per heavy atom. The van der Waals surface area contributed by atoms with Crippen LogP contribution in [0.15, 0.2) is 18.6 Å². The molecule has 2 fully saturated rings. The number of rotatable bonds is 2. The summed E-state index contributed by atoms with van der Waals surface area (Å²) in [5.41, 5.74) is 2.37. The van der Waals surface area contributed by atoms with E-state index < -0.39 is 0 Å². The van der Waals surface area contributed by atoms with Gasteiger partial charge in [0.05, 0.1) is 17.6 Å². The molecule has 2 aliphatic heterocycles. The second-order valence-electron chi connectivity index (χ2n) is 8.26. The number of likely N-dealkylation sites (tertiary alicyclic amines) is 1. The Morgan fingerprint density at radius 2 is 2.00 bits per heavy atom. The molecule has 1 spiro atoms. The Kier molecular flexibility index (Phi) is 4.03. The van der Waals surface area contributed by atoms with Gasteiger partial charge in [0, 0.05) is 50.9 Å². The van der Waals surface area contributed by atoms with Crippen molar-refractivity contribution in [1.29, 1.82) is 0 Å². The maximum absolute atomic E-state index is 13.2. The predicted octanol–water partition coefficient (Wildman–Crippen LogP) is 1.46. The Bertz CT molecular complexity index is 903. The van der Waals surface area contributed by atoms with Crippen molar-refractivity contribution in [2.24, 2.45) is 13.0 Å². The summed E-state index contributed by atoms with van der Waals surface area (Å²) in [5.74, 6) is 0.461. The van der Waals surface area contributed by atoms with Crippen molar-refractivity contribution in [1.82, 2.24) is 29.5 Å². The first kappa shape index (κ1) is 17.5. The van der Waals surface area contributed by atoms with E-state index in [1.54, 1.807) is 30.3 Å². The van der Waals surface area contributed by atoms with E-state index in [-0.39, 0.29) is 23.3 Å². The molecule has 2 aromatic rings. The SMILES string of the molecule is Cn1nccc1C(=O)N1CCC2(CC1)c1nc[nH]c1CCN2C(=O)C1CCC1. The molecule has 0 radical (unpaired) electrons. The van der Waals surface area contributed by atoms with Gasteiger partial charge in [-0.3, -0.25) is 14.3 Å². The summed E-state index contributed by atoms with van der Waals surface area (Å²) in [4.78, 5) is 38.0. The molecule has 0 aromatic carbocycles. The first-order valence-corrected chi connectivity index (χ1v) is 10.2. The van der Waals surface area contributed by atoms with Crippen LogP contribution in [-0.2, 0) is 23.8 Å². The fourth-order valence-corrected chi connectivity index (χ4v) is 5.01. The highest BCUT2D eigenvalue weighted by atomic mass is 16.2. The van der Waals surface area contributed by atoms with Crippen molar-refractivity contribution in [3.8, 4) is 0 Å². The van der Waals surface area contributed by atoms with Crippen LogP contribution in [0, 0.1) is 5.92 Å². The second-order valence-corrected chi connectivity index (χ2v) is 8.26. The first-order valence-electron chi connectivity index (χ1n) is 10.2. The van der Waals surface area contributed by atoms with Gasteiger partial charge in [-0.05, 0) is 31.7 Å². The molecule has 1 saturated heterocycles. The van der Waals surface area contributed by atoms with E-state index in [0.717, 1.165) is 56.5 Å². The van der Waals surface area contributed by atoms with Crippen molar-refractivity contribution in [3.05, 3.63) is 35.7 Å². The molecule has 3 aliphatic rings. The normalized spacial score (nSPS) is 21.5. The standard InChI is InChI=1S/C20H26N6O2/c1-24-16(5-9-23-24)19(28)25-11-7-20(8-12-25)17-15(21-13-22-17)6-10-26(20)18(27)14-3-2-4-14/h5,9,13-14H,2-4,6-8,10-12H2,1H3,(H,21,22). The van der Waals surface area contributed by atoms with Crippen molar-refractivity contribution in [2.75, 3.05) is 19.6 Å².